The van der Waals surface area contributed by atoms with Crippen molar-refractivity contribution in [2.45, 2.75) is 343 Å². The lowest BCUT2D eigenvalue weighted by molar-refractivity contribution is -0.167. The van der Waals surface area contributed by atoms with Crippen molar-refractivity contribution < 1.29 is 28.6 Å². The van der Waals surface area contributed by atoms with Gasteiger partial charge in [0, 0.05) is 19.3 Å². The molecular formula is C61H118O6. The van der Waals surface area contributed by atoms with Gasteiger partial charge < -0.3 is 14.2 Å². The van der Waals surface area contributed by atoms with Crippen molar-refractivity contribution in [3.8, 4) is 0 Å². The molecule has 0 bridgehead atoms. The van der Waals surface area contributed by atoms with Crippen LogP contribution >= 0.6 is 0 Å². The second-order valence-electron chi connectivity index (χ2n) is 22.2. The lowest BCUT2D eigenvalue weighted by Gasteiger charge is -2.18. The Hall–Kier alpha value is -1.59. The van der Waals surface area contributed by atoms with Crippen LogP contribution in [0.15, 0.2) is 0 Å². The fourth-order valence-corrected chi connectivity index (χ4v) is 9.32. The third-order valence-corrected chi connectivity index (χ3v) is 14.3. The van der Waals surface area contributed by atoms with Gasteiger partial charge in [-0.05, 0) is 37.0 Å². The van der Waals surface area contributed by atoms with Gasteiger partial charge in [-0.15, -0.1) is 0 Å². The molecule has 2 atom stereocenters. The molecule has 0 heterocycles. The Morgan fingerprint density at radius 1 is 0.299 bits per heavy atom. The smallest absolute Gasteiger partial charge is 0.306 e. The molecule has 0 aromatic rings. The highest BCUT2D eigenvalue weighted by atomic mass is 16.6. The molecule has 0 aliphatic heterocycles. The zero-order valence-corrected chi connectivity index (χ0v) is 46.2. The molecule has 0 rings (SSSR count). The van der Waals surface area contributed by atoms with Gasteiger partial charge >= 0.3 is 17.9 Å². The number of carbonyl (C=O) groups is 3. The average molecular weight is 948 g/mol. The molecule has 0 aliphatic rings. The molecule has 0 fully saturated rings. The van der Waals surface area contributed by atoms with Gasteiger partial charge in [0.15, 0.2) is 6.10 Å². The predicted octanol–water partition coefficient (Wildman–Crippen LogP) is 19.9. The Morgan fingerprint density at radius 2 is 0.522 bits per heavy atom. The molecule has 1 unspecified atom stereocenters. The van der Waals surface area contributed by atoms with E-state index in [9.17, 15) is 14.4 Å². The third-order valence-electron chi connectivity index (χ3n) is 14.3. The van der Waals surface area contributed by atoms with Crippen molar-refractivity contribution in [2.75, 3.05) is 13.2 Å². The maximum absolute atomic E-state index is 12.9. The standard InChI is InChI=1S/C61H118O6/c1-7-57(6)49-43-37-30-26-22-18-14-10-8-9-11-15-20-24-28-32-40-46-52-61(64)67-58(54-66-60(63)51-45-39-34-33-36-42-48-56(4)5)53-65-59(62)50-44-38-31-27-23-19-16-12-13-17-21-25-29-35-41-47-55(2)3/h55-58H,7-54H2,1-6H3/t57?,58-/m1/s1. The van der Waals surface area contributed by atoms with Crippen LogP contribution in [0.3, 0.4) is 0 Å². The summed E-state index contributed by atoms with van der Waals surface area (Å²) in [5.41, 5.74) is 0. The highest BCUT2D eigenvalue weighted by Gasteiger charge is 2.19. The van der Waals surface area contributed by atoms with E-state index in [0.29, 0.717) is 19.3 Å². The van der Waals surface area contributed by atoms with E-state index in [0.717, 1.165) is 75.5 Å². The summed E-state index contributed by atoms with van der Waals surface area (Å²) in [7, 11) is 0. The molecule has 0 aliphatic carbocycles. The van der Waals surface area contributed by atoms with E-state index in [1.165, 1.54) is 218 Å². The molecular weight excluding hydrogens is 829 g/mol. The van der Waals surface area contributed by atoms with Gasteiger partial charge in [-0.1, -0.05) is 298 Å². The Kier molecular flexibility index (Phi) is 51.0. The zero-order chi connectivity index (χ0) is 49.1. The summed E-state index contributed by atoms with van der Waals surface area (Å²) in [5.74, 6) is 1.67. The lowest BCUT2D eigenvalue weighted by Crippen LogP contribution is -2.30. The highest BCUT2D eigenvalue weighted by Crippen LogP contribution is 2.19. The van der Waals surface area contributed by atoms with Crippen LogP contribution in [0.4, 0.5) is 0 Å². The number of hydrogen-bond donors (Lipinski definition) is 0. The molecule has 0 aromatic heterocycles. The molecule has 398 valence electrons. The molecule has 0 spiro atoms. The van der Waals surface area contributed by atoms with Gasteiger partial charge in [-0.2, -0.15) is 0 Å². The normalized spacial score (nSPS) is 12.5. The topological polar surface area (TPSA) is 78.9 Å². The molecule has 67 heavy (non-hydrogen) atoms. The van der Waals surface area contributed by atoms with E-state index in [4.69, 9.17) is 14.2 Å². The first-order valence-electron chi connectivity index (χ1n) is 30.1. The monoisotopic (exact) mass is 947 g/mol. The minimum atomic E-state index is -0.764. The van der Waals surface area contributed by atoms with Crippen LogP contribution in [0.25, 0.3) is 0 Å². The Labute approximate surface area is 418 Å². The minimum Gasteiger partial charge on any atom is -0.462 e. The molecule has 6 heteroatoms. The maximum atomic E-state index is 12.9. The van der Waals surface area contributed by atoms with Crippen LogP contribution < -0.4 is 0 Å². The number of rotatable bonds is 54. The van der Waals surface area contributed by atoms with Crippen LogP contribution in [0.2, 0.25) is 0 Å². The summed E-state index contributed by atoms with van der Waals surface area (Å²) in [5, 5.41) is 0. The molecule has 0 N–H and O–H groups in total. The largest absolute Gasteiger partial charge is 0.462 e. The molecule has 0 saturated carbocycles. The zero-order valence-electron chi connectivity index (χ0n) is 46.2. The van der Waals surface area contributed by atoms with E-state index in [-0.39, 0.29) is 31.1 Å². The summed E-state index contributed by atoms with van der Waals surface area (Å²) in [6, 6.07) is 0. The van der Waals surface area contributed by atoms with Crippen molar-refractivity contribution in [3.63, 3.8) is 0 Å². The van der Waals surface area contributed by atoms with E-state index in [1.807, 2.05) is 0 Å². The number of hydrogen-bond acceptors (Lipinski definition) is 6. The van der Waals surface area contributed by atoms with Gasteiger partial charge in [0.1, 0.15) is 13.2 Å². The van der Waals surface area contributed by atoms with Crippen LogP contribution in [-0.2, 0) is 28.6 Å². The van der Waals surface area contributed by atoms with Crippen molar-refractivity contribution in [3.05, 3.63) is 0 Å². The number of ether oxygens (including phenoxy) is 3. The third kappa shape index (κ3) is 53.6. The Bertz CT molecular complexity index is 1040. The molecule has 0 aromatic carbocycles. The Morgan fingerprint density at radius 3 is 0.776 bits per heavy atom. The molecule has 0 amide bonds. The van der Waals surface area contributed by atoms with Crippen molar-refractivity contribution in [1.82, 2.24) is 0 Å². The molecule has 0 saturated heterocycles. The minimum absolute atomic E-state index is 0.0641. The van der Waals surface area contributed by atoms with Gasteiger partial charge in [0.05, 0.1) is 0 Å². The Balaban J connectivity index is 4.18. The first-order valence-corrected chi connectivity index (χ1v) is 30.1. The van der Waals surface area contributed by atoms with Crippen LogP contribution in [0, 0.1) is 17.8 Å². The van der Waals surface area contributed by atoms with Crippen LogP contribution in [0.1, 0.15) is 337 Å². The summed E-state index contributed by atoms with van der Waals surface area (Å²) in [6.45, 7) is 13.8. The fourth-order valence-electron chi connectivity index (χ4n) is 9.32. The van der Waals surface area contributed by atoms with Crippen molar-refractivity contribution in [1.29, 1.82) is 0 Å². The number of carbonyl (C=O) groups excluding carboxylic acids is 3. The second-order valence-corrected chi connectivity index (χ2v) is 22.2. The first-order chi connectivity index (χ1) is 32.6. The van der Waals surface area contributed by atoms with Gasteiger partial charge in [-0.25, -0.2) is 0 Å². The fraction of sp³-hybridized carbons (Fsp3) is 0.951. The highest BCUT2D eigenvalue weighted by molar-refractivity contribution is 5.71. The molecule has 6 nitrogen and oxygen atoms in total. The first kappa shape index (κ1) is 65.4. The second kappa shape index (κ2) is 52.2. The molecule has 0 radical (unpaired) electrons. The number of unbranched alkanes of at least 4 members (excludes halogenated alkanes) is 36. The summed E-state index contributed by atoms with van der Waals surface area (Å²) in [4.78, 5) is 38.1. The van der Waals surface area contributed by atoms with Gasteiger partial charge in [-0.3, -0.25) is 14.4 Å². The van der Waals surface area contributed by atoms with Crippen LogP contribution in [-0.4, -0.2) is 37.2 Å². The van der Waals surface area contributed by atoms with Gasteiger partial charge in [0.2, 0.25) is 0 Å². The van der Waals surface area contributed by atoms with Crippen LogP contribution in [0.5, 0.6) is 0 Å². The van der Waals surface area contributed by atoms with E-state index >= 15 is 0 Å². The summed E-state index contributed by atoms with van der Waals surface area (Å²) in [6.07, 6.45) is 55.4. The number of esters is 3. The average Bonchev–Trinajstić information content (AvgIpc) is 3.30. The predicted molar refractivity (Wildman–Crippen MR) is 289 cm³/mol. The SMILES string of the molecule is CCC(C)CCCCCCCCCCCCCCCCCCCCC(=O)O[C@H](COC(=O)CCCCCCCCCCCCCCCCCC(C)C)COC(=O)CCCCCCCCC(C)C. The quantitative estimate of drug-likeness (QED) is 0.0343. The summed E-state index contributed by atoms with van der Waals surface area (Å²) >= 11 is 0. The lowest BCUT2D eigenvalue weighted by atomic mass is 9.99. The van der Waals surface area contributed by atoms with Crippen molar-refractivity contribution in [2.24, 2.45) is 17.8 Å². The van der Waals surface area contributed by atoms with Gasteiger partial charge in [0.25, 0.3) is 0 Å². The van der Waals surface area contributed by atoms with Crippen molar-refractivity contribution >= 4 is 17.9 Å². The van der Waals surface area contributed by atoms with E-state index in [2.05, 4.69) is 41.5 Å². The van der Waals surface area contributed by atoms with E-state index in [1.54, 1.807) is 0 Å². The van der Waals surface area contributed by atoms with E-state index < -0.39 is 6.10 Å². The maximum Gasteiger partial charge on any atom is 0.306 e. The summed E-state index contributed by atoms with van der Waals surface area (Å²) < 4.78 is 16.9.